The van der Waals surface area contributed by atoms with Crippen LogP contribution in [0.4, 0.5) is 5.69 Å². The molecule has 0 saturated carbocycles. The third kappa shape index (κ3) is 2.89. The van der Waals surface area contributed by atoms with Gasteiger partial charge in [-0.25, -0.2) is 0 Å². The van der Waals surface area contributed by atoms with Crippen molar-refractivity contribution in [3.05, 3.63) is 24.3 Å². The lowest BCUT2D eigenvalue weighted by Gasteiger charge is -2.20. The minimum Gasteiger partial charge on any atom is -0.492 e. The molecule has 2 rings (SSSR count). The lowest BCUT2D eigenvalue weighted by atomic mass is 10.2. The van der Waals surface area contributed by atoms with Crippen LogP contribution in [0.15, 0.2) is 24.3 Å². The van der Waals surface area contributed by atoms with Crippen LogP contribution in [-0.2, 0) is 0 Å². The van der Waals surface area contributed by atoms with Gasteiger partial charge in [-0.05, 0) is 50.6 Å². The van der Waals surface area contributed by atoms with Gasteiger partial charge < -0.3 is 10.5 Å². The third-order valence-corrected chi connectivity index (χ3v) is 3.22. The lowest BCUT2D eigenvalue weighted by molar-refractivity contribution is 0.204. The van der Waals surface area contributed by atoms with E-state index in [0.717, 1.165) is 30.6 Å². The largest absolute Gasteiger partial charge is 0.492 e. The molecule has 0 aliphatic carbocycles. The molecule has 1 aromatic rings. The summed E-state index contributed by atoms with van der Waals surface area (Å²) in [5, 5.41) is 0. The summed E-state index contributed by atoms with van der Waals surface area (Å²) in [7, 11) is 0. The Kier molecular flexibility index (Phi) is 3.67. The van der Waals surface area contributed by atoms with E-state index in [0.29, 0.717) is 0 Å². The van der Waals surface area contributed by atoms with Crippen LogP contribution in [0.1, 0.15) is 19.8 Å². The summed E-state index contributed by atoms with van der Waals surface area (Å²) in [6.07, 6.45) is 2.64. The van der Waals surface area contributed by atoms with E-state index < -0.39 is 0 Å². The Morgan fingerprint density at radius 3 is 2.75 bits per heavy atom. The van der Waals surface area contributed by atoms with Crippen LogP contribution >= 0.6 is 0 Å². The molecule has 1 atom stereocenters. The molecule has 0 aromatic heterocycles. The van der Waals surface area contributed by atoms with E-state index in [1.165, 1.54) is 19.4 Å². The predicted octanol–water partition coefficient (Wildman–Crippen LogP) is 2.13. The van der Waals surface area contributed by atoms with Gasteiger partial charge in [0.25, 0.3) is 0 Å². The van der Waals surface area contributed by atoms with Crippen molar-refractivity contribution in [3.8, 4) is 5.75 Å². The molecule has 1 saturated heterocycles. The first-order chi connectivity index (χ1) is 7.75. The second-order valence-corrected chi connectivity index (χ2v) is 4.44. The zero-order valence-corrected chi connectivity index (χ0v) is 9.86. The average molecular weight is 220 g/mol. The number of nitrogens with zero attached hydrogens (tertiary/aromatic N) is 1. The van der Waals surface area contributed by atoms with E-state index in [2.05, 4.69) is 11.8 Å². The standard InChI is InChI=1S/C13H20N2O/c1-11-3-2-8-15(11)9-10-16-13-6-4-12(14)5-7-13/h4-7,11H,2-3,8-10,14H2,1H3. The second kappa shape index (κ2) is 5.21. The highest BCUT2D eigenvalue weighted by atomic mass is 16.5. The van der Waals surface area contributed by atoms with Crippen LogP contribution < -0.4 is 10.5 Å². The molecule has 1 aliphatic rings. The molecule has 1 aromatic carbocycles. The maximum absolute atomic E-state index is 5.67. The number of rotatable bonds is 4. The summed E-state index contributed by atoms with van der Waals surface area (Å²) in [6.45, 7) is 5.28. The molecule has 0 amide bonds. The number of hydrogen-bond donors (Lipinski definition) is 1. The van der Waals surface area contributed by atoms with E-state index in [-0.39, 0.29) is 0 Å². The van der Waals surface area contributed by atoms with Gasteiger partial charge in [0.15, 0.2) is 0 Å². The van der Waals surface area contributed by atoms with Gasteiger partial charge in [-0.2, -0.15) is 0 Å². The van der Waals surface area contributed by atoms with Crippen molar-refractivity contribution in [3.63, 3.8) is 0 Å². The number of benzene rings is 1. The lowest BCUT2D eigenvalue weighted by Crippen LogP contribution is -2.31. The first-order valence-electron chi connectivity index (χ1n) is 5.98. The van der Waals surface area contributed by atoms with Gasteiger partial charge in [0.05, 0.1) is 0 Å². The van der Waals surface area contributed by atoms with Gasteiger partial charge in [-0.1, -0.05) is 0 Å². The van der Waals surface area contributed by atoms with Crippen LogP contribution in [0.3, 0.4) is 0 Å². The maximum Gasteiger partial charge on any atom is 0.119 e. The summed E-state index contributed by atoms with van der Waals surface area (Å²) >= 11 is 0. The number of nitrogen functional groups attached to an aromatic ring is 1. The zero-order chi connectivity index (χ0) is 11.4. The minimum atomic E-state index is 0.718. The van der Waals surface area contributed by atoms with Crippen molar-refractivity contribution in [1.29, 1.82) is 0 Å². The molecule has 0 bridgehead atoms. The number of nitrogens with two attached hydrogens (primary N) is 1. The van der Waals surface area contributed by atoms with Gasteiger partial charge in [-0.3, -0.25) is 4.90 Å². The van der Waals surface area contributed by atoms with Gasteiger partial charge >= 0.3 is 0 Å². The Balaban J connectivity index is 1.73. The molecular formula is C13H20N2O. The quantitative estimate of drug-likeness (QED) is 0.790. The number of ether oxygens (including phenoxy) is 1. The van der Waals surface area contributed by atoms with Crippen LogP contribution in [-0.4, -0.2) is 30.6 Å². The predicted molar refractivity (Wildman–Crippen MR) is 66.6 cm³/mol. The molecule has 1 fully saturated rings. The fourth-order valence-electron chi connectivity index (χ4n) is 2.17. The van der Waals surface area contributed by atoms with Crippen LogP contribution in [0.2, 0.25) is 0 Å². The van der Waals surface area contributed by atoms with Gasteiger partial charge in [0, 0.05) is 18.3 Å². The fraction of sp³-hybridized carbons (Fsp3) is 0.538. The molecule has 1 unspecified atom stereocenters. The van der Waals surface area contributed by atoms with E-state index >= 15 is 0 Å². The minimum absolute atomic E-state index is 0.718. The monoisotopic (exact) mass is 220 g/mol. The van der Waals surface area contributed by atoms with E-state index in [4.69, 9.17) is 10.5 Å². The van der Waals surface area contributed by atoms with E-state index in [1.54, 1.807) is 0 Å². The van der Waals surface area contributed by atoms with Gasteiger partial charge in [-0.15, -0.1) is 0 Å². The summed E-state index contributed by atoms with van der Waals surface area (Å²) in [5.41, 5.74) is 6.39. The van der Waals surface area contributed by atoms with E-state index in [9.17, 15) is 0 Å². The topological polar surface area (TPSA) is 38.5 Å². The highest BCUT2D eigenvalue weighted by Crippen LogP contribution is 2.16. The fourth-order valence-corrected chi connectivity index (χ4v) is 2.17. The molecule has 88 valence electrons. The molecule has 3 nitrogen and oxygen atoms in total. The Morgan fingerprint density at radius 1 is 1.38 bits per heavy atom. The summed E-state index contributed by atoms with van der Waals surface area (Å²) < 4.78 is 5.67. The maximum atomic E-state index is 5.67. The third-order valence-electron chi connectivity index (χ3n) is 3.22. The van der Waals surface area contributed by atoms with Crippen molar-refractivity contribution in [1.82, 2.24) is 4.90 Å². The van der Waals surface area contributed by atoms with Crippen LogP contribution in [0, 0.1) is 0 Å². The van der Waals surface area contributed by atoms with Crippen LogP contribution in [0.5, 0.6) is 5.75 Å². The highest BCUT2D eigenvalue weighted by Gasteiger charge is 2.19. The highest BCUT2D eigenvalue weighted by molar-refractivity contribution is 5.41. The molecule has 3 heteroatoms. The Morgan fingerprint density at radius 2 is 2.12 bits per heavy atom. The van der Waals surface area contributed by atoms with Crippen LogP contribution in [0.25, 0.3) is 0 Å². The number of likely N-dealkylation sites (tertiary alicyclic amines) is 1. The average Bonchev–Trinajstić information content (AvgIpc) is 2.68. The van der Waals surface area contributed by atoms with Crippen molar-refractivity contribution in [2.45, 2.75) is 25.8 Å². The van der Waals surface area contributed by atoms with Crippen molar-refractivity contribution < 1.29 is 4.74 Å². The van der Waals surface area contributed by atoms with Crippen molar-refractivity contribution in [2.75, 3.05) is 25.4 Å². The Hall–Kier alpha value is -1.22. The molecule has 1 heterocycles. The second-order valence-electron chi connectivity index (χ2n) is 4.44. The zero-order valence-electron chi connectivity index (χ0n) is 9.86. The van der Waals surface area contributed by atoms with Crippen molar-refractivity contribution >= 4 is 5.69 Å². The smallest absolute Gasteiger partial charge is 0.119 e. The van der Waals surface area contributed by atoms with Gasteiger partial charge in [0.2, 0.25) is 0 Å². The Labute approximate surface area is 97.2 Å². The first-order valence-corrected chi connectivity index (χ1v) is 5.98. The van der Waals surface area contributed by atoms with Gasteiger partial charge in [0.1, 0.15) is 12.4 Å². The molecular weight excluding hydrogens is 200 g/mol. The SMILES string of the molecule is CC1CCCN1CCOc1ccc(N)cc1. The molecule has 0 spiro atoms. The first kappa shape index (κ1) is 11.3. The Bertz CT molecular complexity index is 323. The number of anilines is 1. The summed E-state index contributed by atoms with van der Waals surface area (Å²) in [4.78, 5) is 2.48. The number of hydrogen-bond acceptors (Lipinski definition) is 3. The van der Waals surface area contributed by atoms with Crippen molar-refractivity contribution in [2.24, 2.45) is 0 Å². The summed E-state index contributed by atoms with van der Waals surface area (Å²) in [6, 6.07) is 8.29. The molecule has 0 radical (unpaired) electrons. The molecule has 2 N–H and O–H groups in total. The molecule has 1 aliphatic heterocycles. The summed E-state index contributed by atoms with van der Waals surface area (Å²) in [5.74, 6) is 0.904. The van der Waals surface area contributed by atoms with E-state index in [1.807, 2.05) is 24.3 Å². The molecule has 16 heavy (non-hydrogen) atoms. The normalized spacial score (nSPS) is 21.2.